The Hall–Kier alpha value is -0.580. The maximum atomic E-state index is 9.40. The van der Waals surface area contributed by atoms with Crippen molar-refractivity contribution < 1.29 is 5.11 Å². The summed E-state index contributed by atoms with van der Waals surface area (Å²) in [4.78, 5) is 4.21. The number of aliphatic hydroxyl groups excluding tert-OH is 1. The minimum absolute atomic E-state index is 0.0885. The lowest BCUT2D eigenvalue weighted by Gasteiger charge is -2.10. The molecule has 0 bridgehead atoms. The third-order valence-electron chi connectivity index (χ3n) is 3.26. The second-order valence-corrected chi connectivity index (χ2v) is 4.91. The van der Waals surface area contributed by atoms with Gasteiger partial charge < -0.3 is 15.0 Å². The van der Waals surface area contributed by atoms with Crippen LogP contribution < -0.4 is 5.32 Å². The third-order valence-corrected chi connectivity index (χ3v) is 3.61. The van der Waals surface area contributed by atoms with Crippen molar-refractivity contribution in [3.8, 4) is 0 Å². The van der Waals surface area contributed by atoms with Crippen molar-refractivity contribution in [3.05, 3.63) is 17.2 Å². The van der Waals surface area contributed by atoms with E-state index >= 15 is 0 Å². The molecule has 2 unspecified atom stereocenters. The minimum atomic E-state index is -0.0885. The quantitative estimate of drug-likeness (QED) is 0.839. The van der Waals surface area contributed by atoms with Crippen LogP contribution in [0, 0.1) is 5.92 Å². The molecule has 16 heavy (non-hydrogen) atoms. The lowest BCUT2D eigenvalue weighted by molar-refractivity contribution is 0.177. The first kappa shape index (κ1) is 11.9. The Morgan fingerprint density at radius 1 is 1.62 bits per heavy atom. The highest BCUT2D eigenvalue weighted by atomic mass is 35.5. The third kappa shape index (κ3) is 2.75. The van der Waals surface area contributed by atoms with Gasteiger partial charge in [-0.1, -0.05) is 11.6 Å². The lowest BCUT2D eigenvalue weighted by atomic mass is 10.1. The van der Waals surface area contributed by atoms with Crippen molar-refractivity contribution in [1.29, 1.82) is 0 Å². The number of aliphatic hydroxyl groups is 1. The standard InChI is InChI=1S/C11H18ClN3O/c1-15-10(12)6-14-11(15)7-13-5-8-2-3-9(16)4-8/h6,8-9,13,16H,2-5,7H2,1H3. The van der Waals surface area contributed by atoms with Gasteiger partial charge in [0.2, 0.25) is 0 Å². The Labute approximate surface area is 101 Å². The Morgan fingerprint density at radius 3 is 3.00 bits per heavy atom. The zero-order chi connectivity index (χ0) is 11.5. The summed E-state index contributed by atoms with van der Waals surface area (Å²) in [7, 11) is 1.91. The van der Waals surface area contributed by atoms with Crippen LogP contribution in [0.4, 0.5) is 0 Å². The van der Waals surface area contributed by atoms with E-state index in [0.29, 0.717) is 11.1 Å². The highest BCUT2D eigenvalue weighted by molar-refractivity contribution is 6.29. The van der Waals surface area contributed by atoms with E-state index < -0.39 is 0 Å². The van der Waals surface area contributed by atoms with Crippen LogP contribution in [-0.2, 0) is 13.6 Å². The summed E-state index contributed by atoms with van der Waals surface area (Å²) in [6.45, 7) is 1.68. The Kier molecular flexibility index (Phi) is 3.84. The van der Waals surface area contributed by atoms with Gasteiger partial charge in [0.1, 0.15) is 11.0 Å². The maximum absolute atomic E-state index is 9.40. The van der Waals surface area contributed by atoms with Gasteiger partial charge in [0, 0.05) is 7.05 Å². The van der Waals surface area contributed by atoms with E-state index in [1.54, 1.807) is 6.20 Å². The van der Waals surface area contributed by atoms with Crippen LogP contribution in [-0.4, -0.2) is 27.3 Å². The summed E-state index contributed by atoms with van der Waals surface area (Å²) >= 11 is 5.89. The summed E-state index contributed by atoms with van der Waals surface area (Å²) in [6, 6.07) is 0. The fourth-order valence-electron chi connectivity index (χ4n) is 2.21. The van der Waals surface area contributed by atoms with Crippen LogP contribution >= 0.6 is 11.6 Å². The first-order valence-electron chi connectivity index (χ1n) is 5.71. The van der Waals surface area contributed by atoms with Gasteiger partial charge in [-0.05, 0) is 31.7 Å². The Bertz CT molecular complexity index is 353. The molecule has 0 radical (unpaired) electrons. The highest BCUT2D eigenvalue weighted by Gasteiger charge is 2.22. The maximum Gasteiger partial charge on any atom is 0.128 e. The summed E-state index contributed by atoms with van der Waals surface area (Å²) in [5.41, 5.74) is 0. The molecule has 2 N–H and O–H groups in total. The molecular weight excluding hydrogens is 226 g/mol. The van der Waals surface area contributed by atoms with E-state index in [-0.39, 0.29) is 6.10 Å². The molecule has 0 amide bonds. The van der Waals surface area contributed by atoms with Crippen molar-refractivity contribution in [2.24, 2.45) is 13.0 Å². The average Bonchev–Trinajstić information content (AvgIpc) is 2.79. The molecule has 1 saturated carbocycles. The van der Waals surface area contributed by atoms with Gasteiger partial charge in [0.15, 0.2) is 0 Å². The largest absolute Gasteiger partial charge is 0.393 e. The van der Waals surface area contributed by atoms with Crippen molar-refractivity contribution in [1.82, 2.24) is 14.9 Å². The summed E-state index contributed by atoms with van der Waals surface area (Å²) in [6.07, 6.45) is 4.57. The molecule has 2 atom stereocenters. The van der Waals surface area contributed by atoms with Crippen LogP contribution in [0.25, 0.3) is 0 Å². The molecule has 4 nitrogen and oxygen atoms in total. The average molecular weight is 244 g/mol. The van der Waals surface area contributed by atoms with Crippen LogP contribution in [0.15, 0.2) is 6.20 Å². The number of rotatable bonds is 4. The number of hydrogen-bond acceptors (Lipinski definition) is 3. The smallest absolute Gasteiger partial charge is 0.128 e. The zero-order valence-electron chi connectivity index (χ0n) is 9.49. The van der Waals surface area contributed by atoms with Crippen LogP contribution in [0.3, 0.4) is 0 Å². The van der Waals surface area contributed by atoms with Gasteiger partial charge in [-0.15, -0.1) is 0 Å². The summed E-state index contributed by atoms with van der Waals surface area (Å²) < 4.78 is 1.87. The number of nitrogens with one attached hydrogen (secondary N) is 1. The number of imidazole rings is 1. The second kappa shape index (κ2) is 5.17. The molecule has 1 aliphatic rings. The van der Waals surface area contributed by atoms with E-state index in [9.17, 15) is 5.11 Å². The Morgan fingerprint density at radius 2 is 2.44 bits per heavy atom. The molecule has 0 aromatic carbocycles. The van der Waals surface area contributed by atoms with Crippen LogP contribution in [0.5, 0.6) is 0 Å². The minimum Gasteiger partial charge on any atom is -0.393 e. The van der Waals surface area contributed by atoms with E-state index in [0.717, 1.165) is 38.2 Å². The van der Waals surface area contributed by atoms with Gasteiger partial charge in [-0.25, -0.2) is 4.98 Å². The number of halogens is 1. The number of hydrogen-bond donors (Lipinski definition) is 2. The van der Waals surface area contributed by atoms with Gasteiger partial charge in [0.05, 0.1) is 18.8 Å². The molecule has 1 aromatic rings. The summed E-state index contributed by atoms with van der Waals surface area (Å²) in [5.74, 6) is 1.55. The first-order valence-corrected chi connectivity index (χ1v) is 6.09. The van der Waals surface area contributed by atoms with E-state index in [1.807, 2.05) is 11.6 Å². The Balaban J connectivity index is 1.74. The molecule has 1 aromatic heterocycles. The SMILES string of the molecule is Cn1c(Cl)cnc1CNCC1CCC(O)C1. The topological polar surface area (TPSA) is 50.1 Å². The number of nitrogens with zero attached hydrogens (tertiary/aromatic N) is 2. The van der Waals surface area contributed by atoms with Crippen LogP contribution in [0.1, 0.15) is 25.1 Å². The predicted molar refractivity (Wildman–Crippen MR) is 63.3 cm³/mol. The van der Waals surface area contributed by atoms with Gasteiger partial charge in [0.25, 0.3) is 0 Å². The monoisotopic (exact) mass is 243 g/mol. The summed E-state index contributed by atoms with van der Waals surface area (Å²) in [5, 5.41) is 13.4. The molecule has 90 valence electrons. The molecule has 0 saturated heterocycles. The van der Waals surface area contributed by atoms with Crippen molar-refractivity contribution in [2.75, 3.05) is 6.54 Å². The molecule has 1 fully saturated rings. The van der Waals surface area contributed by atoms with Crippen molar-refractivity contribution in [2.45, 2.75) is 31.9 Å². The van der Waals surface area contributed by atoms with Crippen molar-refractivity contribution in [3.63, 3.8) is 0 Å². The molecule has 2 rings (SSSR count). The van der Waals surface area contributed by atoms with Gasteiger partial charge >= 0.3 is 0 Å². The molecule has 0 aliphatic heterocycles. The molecule has 1 heterocycles. The fraction of sp³-hybridized carbons (Fsp3) is 0.727. The number of aromatic nitrogens is 2. The van der Waals surface area contributed by atoms with E-state index in [1.165, 1.54) is 0 Å². The fourth-order valence-corrected chi connectivity index (χ4v) is 2.36. The molecule has 0 spiro atoms. The second-order valence-electron chi connectivity index (χ2n) is 4.52. The van der Waals surface area contributed by atoms with Gasteiger partial charge in [-0.2, -0.15) is 0 Å². The van der Waals surface area contributed by atoms with Crippen LogP contribution in [0.2, 0.25) is 5.15 Å². The van der Waals surface area contributed by atoms with E-state index in [2.05, 4.69) is 10.3 Å². The van der Waals surface area contributed by atoms with Gasteiger partial charge in [-0.3, -0.25) is 0 Å². The molecular formula is C11H18ClN3O. The van der Waals surface area contributed by atoms with Crippen molar-refractivity contribution >= 4 is 11.6 Å². The van der Waals surface area contributed by atoms with E-state index in [4.69, 9.17) is 11.6 Å². The zero-order valence-corrected chi connectivity index (χ0v) is 10.2. The molecule has 1 aliphatic carbocycles. The lowest BCUT2D eigenvalue weighted by Crippen LogP contribution is -2.23. The normalized spacial score (nSPS) is 25.2. The predicted octanol–water partition coefficient (Wildman–Crippen LogP) is 1.32. The molecule has 5 heteroatoms. The first-order chi connectivity index (χ1) is 7.66. The highest BCUT2D eigenvalue weighted by Crippen LogP contribution is 2.24.